The van der Waals surface area contributed by atoms with E-state index in [1.54, 1.807) is 9.58 Å². The Morgan fingerprint density at radius 3 is 2.34 bits per heavy atom. The Hall–Kier alpha value is -2.83. The number of nitrogens with zero attached hydrogens (tertiary/aromatic N) is 3. The molecule has 1 aliphatic carbocycles. The number of ether oxygens (including phenoxy) is 1. The Morgan fingerprint density at radius 1 is 1.17 bits per heavy atom. The molecule has 1 aromatic carbocycles. The summed E-state index contributed by atoms with van der Waals surface area (Å²) in [5, 5.41) is 13.7. The molecule has 0 atom stereocenters. The highest BCUT2D eigenvalue weighted by Crippen LogP contribution is 2.35. The van der Waals surface area contributed by atoms with E-state index in [9.17, 15) is 14.7 Å². The summed E-state index contributed by atoms with van der Waals surface area (Å²) in [6.07, 6.45) is 3.82. The van der Waals surface area contributed by atoms with Crippen molar-refractivity contribution in [2.45, 2.75) is 59.4 Å². The van der Waals surface area contributed by atoms with Crippen LogP contribution in [-0.4, -0.2) is 33.0 Å². The van der Waals surface area contributed by atoms with Gasteiger partial charge in [-0.05, 0) is 64.5 Å². The minimum atomic E-state index is -1.43. The second-order valence-corrected chi connectivity index (χ2v) is 8.22. The summed E-state index contributed by atoms with van der Waals surface area (Å²) in [6.45, 7) is 8.00. The number of hydrogen-bond acceptors (Lipinski definition) is 4. The van der Waals surface area contributed by atoms with Gasteiger partial charge in [0.15, 0.2) is 5.75 Å². The number of carboxylic acid groups (broad SMARTS) is 1. The van der Waals surface area contributed by atoms with Crippen molar-refractivity contribution in [2.24, 2.45) is 11.8 Å². The van der Waals surface area contributed by atoms with Crippen LogP contribution < -0.4 is 9.64 Å². The van der Waals surface area contributed by atoms with Crippen molar-refractivity contribution in [3.63, 3.8) is 0 Å². The number of benzene rings is 1. The number of aromatic nitrogens is 2. The number of carbonyl (C=O) groups excluding carboxylic acids is 1. The van der Waals surface area contributed by atoms with Crippen molar-refractivity contribution < 1.29 is 19.4 Å². The number of carbonyl (C=O) groups is 2. The Bertz CT molecular complexity index is 865. The predicted octanol–water partition coefficient (Wildman–Crippen LogP) is 4.81. The van der Waals surface area contributed by atoms with Gasteiger partial charge in [0.25, 0.3) is 0 Å². The molecule has 1 aromatic heterocycles. The third-order valence-electron chi connectivity index (χ3n) is 5.51. The van der Waals surface area contributed by atoms with Gasteiger partial charge < -0.3 is 9.84 Å². The lowest BCUT2D eigenvalue weighted by Gasteiger charge is -2.32. The van der Waals surface area contributed by atoms with Crippen molar-refractivity contribution in [3.8, 4) is 11.4 Å². The summed E-state index contributed by atoms with van der Waals surface area (Å²) in [4.78, 5) is 26.2. The zero-order valence-electron chi connectivity index (χ0n) is 17.5. The van der Waals surface area contributed by atoms with Gasteiger partial charge in [0.05, 0.1) is 11.9 Å². The summed E-state index contributed by atoms with van der Waals surface area (Å²) in [7, 11) is 0. The van der Waals surface area contributed by atoms with Gasteiger partial charge in [0.1, 0.15) is 0 Å². The van der Waals surface area contributed by atoms with Crippen LogP contribution in [-0.2, 0) is 4.79 Å². The van der Waals surface area contributed by atoms with Crippen molar-refractivity contribution in [2.75, 3.05) is 4.90 Å². The van der Waals surface area contributed by atoms with Crippen LogP contribution in [0.1, 0.15) is 52.0 Å². The lowest BCUT2D eigenvalue weighted by molar-refractivity contribution is -0.124. The minimum Gasteiger partial charge on any atom is -0.449 e. The Morgan fingerprint density at radius 2 is 1.79 bits per heavy atom. The molecule has 1 aliphatic rings. The van der Waals surface area contributed by atoms with E-state index >= 15 is 0 Å². The Balaban J connectivity index is 1.98. The number of rotatable bonds is 5. The van der Waals surface area contributed by atoms with Crippen molar-refractivity contribution in [1.29, 1.82) is 0 Å². The minimum absolute atomic E-state index is 0.0173. The highest BCUT2D eigenvalue weighted by atomic mass is 16.7. The van der Waals surface area contributed by atoms with E-state index in [0.29, 0.717) is 5.92 Å². The summed E-state index contributed by atoms with van der Waals surface area (Å²) < 4.78 is 6.55. The van der Waals surface area contributed by atoms with E-state index in [1.807, 2.05) is 45.0 Å². The summed E-state index contributed by atoms with van der Waals surface area (Å²) in [5.41, 5.74) is 1.87. The van der Waals surface area contributed by atoms with Crippen LogP contribution in [0.5, 0.6) is 5.75 Å². The van der Waals surface area contributed by atoms with Crippen LogP contribution in [0.15, 0.2) is 30.5 Å². The van der Waals surface area contributed by atoms with E-state index in [4.69, 9.17) is 4.74 Å². The van der Waals surface area contributed by atoms with Gasteiger partial charge in [-0.2, -0.15) is 0 Å². The number of anilines is 1. The first kappa shape index (κ1) is 20.9. The van der Waals surface area contributed by atoms with Gasteiger partial charge in [-0.15, -0.1) is 5.10 Å². The lowest BCUT2D eigenvalue weighted by atomic mass is 9.82. The van der Waals surface area contributed by atoms with E-state index in [-0.39, 0.29) is 29.4 Å². The van der Waals surface area contributed by atoms with Gasteiger partial charge >= 0.3 is 6.16 Å². The molecular formula is C22H29N3O4. The van der Waals surface area contributed by atoms with Crippen LogP contribution >= 0.6 is 0 Å². The maximum atomic E-state index is 13.3. The molecule has 156 valence electrons. The smallest absolute Gasteiger partial charge is 0.449 e. The summed E-state index contributed by atoms with van der Waals surface area (Å²) in [6, 6.07) is 7.49. The van der Waals surface area contributed by atoms with Crippen LogP contribution in [0.4, 0.5) is 10.6 Å². The van der Waals surface area contributed by atoms with Crippen LogP contribution in [0.25, 0.3) is 5.69 Å². The molecule has 0 spiro atoms. The molecule has 7 nitrogen and oxygen atoms in total. The topological polar surface area (TPSA) is 84.7 Å². The Kier molecular flexibility index (Phi) is 6.25. The largest absolute Gasteiger partial charge is 0.511 e. The van der Waals surface area contributed by atoms with Crippen LogP contribution in [0, 0.1) is 18.8 Å². The molecule has 3 rings (SSSR count). The molecule has 1 heterocycles. The third-order valence-corrected chi connectivity index (χ3v) is 5.51. The van der Waals surface area contributed by atoms with Crippen molar-refractivity contribution in [1.82, 2.24) is 9.78 Å². The maximum absolute atomic E-state index is 13.3. The molecule has 1 amide bonds. The average molecular weight is 399 g/mol. The van der Waals surface area contributed by atoms with Crippen molar-refractivity contribution in [3.05, 3.63) is 36.0 Å². The molecule has 7 heteroatoms. The predicted molar refractivity (Wildman–Crippen MR) is 111 cm³/mol. The van der Waals surface area contributed by atoms with Gasteiger partial charge in [-0.25, -0.2) is 9.48 Å². The van der Waals surface area contributed by atoms with Gasteiger partial charge in [0.2, 0.25) is 11.7 Å². The Labute approximate surface area is 171 Å². The highest BCUT2D eigenvalue weighted by molar-refractivity contribution is 5.96. The highest BCUT2D eigenvalue weighted by Gasteiger charge is 2.33. The third kappa shape index (κ3) is 4.78. The number of amides is 1. The average Bonchev–Trinajstić information content (AvgIpc) is 3.05. The molecule has 1 N–H and O–H groups in total. The first-order chi connectivity index (χ1) is 13.8. The van der Waals surface area contributed by atoms with Crippen molar-refractivity contribution >= 4 is 17.9 Å². The normalized spacial score (nSPS) is 19.2. The zero-order chi connectivity index (χ0) is 21.1. The van der Waals surface area contributed by atoms with Crippen LogP contribution in [0.3, 0.4) is 0 Å². The number of aryl methyl sites for hydroxylation is 1. The molecule has 1 fully saturated rings. The second-order valence-electron chi connectivity index (χ2n) is 8.22. The fourth-order valence-electron chi connectivity index (χ4n) is 3.82. The molecule has 29 heavy (non-hydrogen) atoms. The monoisotopic (exact) mass is 399 g/mol. The fourth-order valence-corrected chi connectivity index (χ4v) is 3.82. The second kappa shape index (κ2) is 8.68. The quantitative estimate of drug-likeness (QED) is 0.730. The lowest BCUT2D eigenvalue weighted by Crippen LogP contribution is -2.42. The SMILES string of the molecule is Cc1ccc(-n2cc(OC(=O)O)c(N(C(=O)C3CCC(C)CC3)C(C)C)n2)cc1. The summed E-state index contributed by atoms with van der Waals surface area (Å²) in [5.74, 6) is 0.848. The van der Waals surface area contributed by atoms with E-state index < -0.39 is 6.16 Å². The fraction of sp³-hybridized carbons (Fsp3) is 0.500. The molecule has 0 unspecified atom stereocenters. The maximum Gasteiger partial charge on any atom is 0.511 e. The molecule has 0 aliphatic heterocycles. The molecule has 0 bridgehead atoms. The molecule has 0 saturated heterocycles. The van der Waals surface area contributed by atoms with Gasteiger partial charge in [-0.3, -0.25) is 9.69 Å². The van der Waals surface area contributed by atoms with Crippen LogP contribution in [0.2, 0.25) is 0 Å². The standard InChI is InChI=1S/C22H29N3O4/c1-14(2)25(21(26)17-9-5-15(3)6-10-17)20-19(29-22(27)28)13-24(23-20)18-11-7-16(4)8-12-18/h7-8,11-15,17H,5-6,9-10H2,1-4H3,(H,27,28). The van der Waals surface area contributed by atoms with Gasteiger partial charge in [0, 0.05) is 12.0 Å². The van der Waals surface area contributed by atoms with Gasteiger partial charge in [-0.1, -0.05) is 24.6 Å². The molecule has 1 saturated carbocycles. The first-order valence-electron chi connectivity index (χ1n) is 10.2. The van der Waals surface area contributed by atoms with E-state index in [2.05, 4.69) is 12.0 Å². The van der Waals surface area contributed by atoms with E-state index in [0.717, 1.165) is 36.9 Å². The molecular weight excluding hydrogens is 370 g/mol. The van der Waals surface area contributed by atoms with E-state index in [1.165, 1.54) is 6.20 Å². The number of hydrogen-bond donors (Lipinski definition) is 1. The zero-order valence-corrected chi connectivity index (χ0v) is 17.5. The molecule has 0 radical (unpaired) electrons. The first-order valence-corrected chi connectivity index (χ1v) is 10.2. The summed E-state index contributed by atoms with van der Waals surface area (Å²) >= 11 is 0. The molecule has 2 aromatic rings.